The zero-order valence-electron chi connectivity index (χ0n) is 12.3. The first-order valence-electron chi connectivity index (χ1n) is 7.42. The highest BCUT2D eigenvalue weighted by Crippen LogP contribution is 2.11. The van der Waals surface area contributed by atoms with Crippen LogP contribution < -0.4 is 5.32 Å². The molecule has 112 valence electrons. The van der Waals surface area contributed by atoms with Gasteiger partial charge < -0.3 is 19.7 Å². The number of likely N-dealkylation sites (tertiary alicyclic amines) is 1. The van der Waals surface area contributed by atoms with Crippen LogP contribution >= 0.6 is 0 Å². The van der Waals surface area contributed by atoms with Gasteiger partial charge in [0.15, 0.2) is 0 Å². The molecular weight excluding hydrogens is 244 g/mol. The van der Waals surface area contributed by atoms with E-state index in [1.807, 2.05) is 4.90 Å². The maximum absolute atomic E-state index is 11.7. The van der Waals surface area contributed by atoms with Crippen LogP contribution in [0.2, 0.25) is 0 Å². The molecule has 0 saturated carbocycles. The fourth-order valence-corrected chi connectivity index (χ4v) is 2.18. The summed E-state index contributed by atoms with van der Waals surface area (Å²) in [6.45, 7) is 6.02. The Morgan fingerprint density at radius 2 is 2.00 bits per heavy atom. The Labute approximate surface area is 116 Å². The van der Waals surface area contributed by atoms with E-state index in [9.17, 15) is 4.79 Å². The monoisotopic (exact) mass is 272 g/mol. The van der Waals surface area contributed by atoms with Gasteiger partial charge in [0.1, 0.15) is 0 Å². The Morgan fingerprint density at radius 1 is 1.26 bits per heavy atom. The minimum absolute atomic E-state index is 0.147. The van der Waals surface area contributed by atoms with E-state index in [1.165, 1.54) is 0 Å². The van der Waals surface area contributed by atoms with Gasteiger partial charge in [-0.2, -0.15) is 0 Å². The minimum atomic E-state index is -0.147. The molecule has 1 aliphatic rings. The van der Waals surface area contributed by atoms with E-state index in [1.54, 1.807) is 7.11 Å². The summed E-state index contributed by atoms with van der Waals surface area (Å²) in [5.41, 5.74) is 0. The van der Waals surface area contributed by atoms with Gasteiger partial charge in [0.2, 0.25) is 0 Å². The van der Waals surface area contributed by atoms with Gasteiger partial charge in [-0.15, -0.1) is 0 Å². The van der Waals surface area contributed by atoms with Gasteiger partial charge in [0.25, 0.3) is 0 Å². The number of nitrogens with one attached hydrogen (secondary N) is 1. The Balaban J connectivity index is 2.09. The quantitative estimate of drug-likeness (QED) is 0.687. The average molecular weight is 272 g/mol. The van der Waals surface area contributed by atoms with Crippen LogP contribution in [0.4, 0.5) is 4.79 Å². The van der Waals surface area contributed by atoms with Crippen molar-refractivity contribution in [3.05, 3.63) is 0 Å². The van der Waals surface area contributed by atoms with Crippen LogP contribution in [0.15, 0.2) is 0 Å². The Hall–Kier alpha value is -0.810. The lowest BCUT2D eigenvalue weighted by Gasteiger charge is -2.31. The SMILES string of the molecule is CCCCOC(=O)N1CCC(NCCCOC)CC1. The third-order valence-electron chi connectivity index (χ3n) is 3.43. The van der Waals surface area contributed by atoms with Crippen LogP contribution in [0.25, 0.3) is 0 Å². The number of piperidine rings is 1. The number of rotatable bonds is 8. The summed E-state index contributed by atoms with van der Waals surface area (Å²) >= 11 is 0. The first-order valence-corrected chi connectivity index (χ1v) is 7.42. The Kier molecular flexibility index (Phi) is 8.58. The van der Waals surface area contributed by atoms with Crippen molar-refractivity contribution in [2.45, 2.75) is 45.1 Å². The third kappa shape index (κ3) is 6.78. The summed E-state index contributed by atoms with van der Waals surface area (Å²) in [4.78, 5) is 13.6. The molecule has 19 heavy (non-hydrogen) atoms. The standard InChI is InChI=1S/C14H28N2O3/c1-3-4-12-19-14(17)16-9-6-13(7-10-16)15-8-5-11-18-2/h13,15H,3-12H2,1-2H3. The second-order valence-corrected chi connectivity index (χ2v) is 5.03. The molecule has 1 N–H and O–H groups in total. The molecule has 1 rings (SSSR count). The Morgan fingerprint density at radius 3 is 2.63 bits per heavy atom. The van der Waals surface area contributed by atoms with Gasteiger partial charge in [-0.3, -0.25) is 0 Å². The normalized spacial score (nSPS) is 16.6. The summed E-state index contributed by atoms with van der Waals surface area (Å²) in [5.74, 6) is 0. The van der Waals surface area contributed by atoms with Crippen LogP contribution in [0.3, 0.4) is 0 Å². The zero-order chi connectivity index (χ0) is 13.9. The molecule has 1 aliphatic heterocycles. The molecule has 5 nitrogen and oxygen atoms in total. The van der Waals surface area contributed by atoms with E-state index in [2.05, 4.69) is 12.2 Å². The molecule has 1 heterocycles. The minimum Gasteiger partial charge on any atom is -0.449 e. The molecule has 0 spiro atoms. The van der Waals surface area contributed by atoms with Crippen molar-refractivity contribution in [3.63, 3.8) is 0 Å². The van der Waals surface area contributed by atoms with Gasteiger partial charge in [-0.1, -0.05) is 13.3 Å². The predicted molar refractivity (Wildman–Crippen MR) is 75.3 cm³/mol. The van der Waals surface area contributed by atoms with Crippen LogP contribution in [-0.2, 0) is 9.47 Å². The van der Waals surface area contributed by atoms with E-state index >= 15 is 0 Å². The van der Waals surface area contributed by atoms with Crippen molar-refractivity contribution in [1.29, 1.82) is 0 Å². The van der Waals surface area contributed by atoms with E-state index in [0.29, 0.717) is 12.6 Å². The van der Waals surface area contributed by atoms with E-state index < -0.39 is 0 Å². The second kappa shape index (κ2) is 10.0. The van der Waals surface area contributed by atoms with Crippen molar-refractivity contribution in [2.75, 3.05) is 40.0 Å². The van der Waals surface area contributed by atoms with E-state index in [-0.39, 0.29) is 6.09 Å². The van der Waals surface area contributed by atoms with Gasteiger partial charge >= 0.3 is 6.09 Å². The molecular formula is C14H28N2O3. The molecule has 0 aromatic carbocycles. The van der Waals surface area contributed by atoms with Crippen molar-refractivity contribution in [3.8, 4) is 0 Å². The maximum atomic E-state index is 11.7. The third-order valence-corrected chi connectivity index (χ3v) is 3.43. The molecule has 0 aromatic rings. The van der Waals surface area contributed by atoms with Crippen molar-refractivity contribution in [2.24, 2.45) is 0 Å². The van der Waals surface area contributed by atoms with Crippen LogP contribution in [0.5, 0.6) is 0 Å². The van der Waals surface area contributed by atoms with Gasteiger partial charge in [0, 0.05) is 32.8 Å². The first kappa shape index (κ1) is 16.2. The van der Waals surface area contributed by atoms with Gasteiger partial charge in [-0.25, -0.2) is 4.79 Å². The van der Waals surface area contributed by atoms with Crippen LogP contribution in [0.1, 0.15) is 39.0 Å². The fourth-order valence-electron chi connectivity index (χ4n) is 2.18. The number of carbonyl (C=O) groups is 1. The molecule has 1 fully saturated rings. The van der Waals surface area contributed by atoms with Crippen molar-refractivity contribution in [1.82, 2.24) is 10.2 Å². The number of amides is 1. The molecule has 0 unspecified atom stereocenters. The lowest BCUT2D eigenvalue weighted by Crippen LogP contribution is -2.45. The second-order valence-electron chi connectivity index (χ2n) is 5.03. The number of hydrogen-bond donors (Lipinski definition) is 1. The number of hydrogen-bond acceptors (Lipinski definition) is 4. The molecule has 0 aliphatic carbocycles. The highest BCUT2D eigenvalue weighted by molar-refractivity contribution is 5.67. The van der Waals surface area contributed by atoms with E-state index in [4.69, 9.17) is 9.47 Å². The summed E-state index contributed by atoms with van der Waals surface area (Å²) in [7, 11) is 1.72. The maximum Gasteiger partial charge on any atom is 0.409 e. The molecule has 0 atom stereocenters. The summed E-state index contributed by atoms with van der Waals surface area (Å²) in [5, 5.41) is 3.51. The van der Waals surface area contributed by atoms with Crippen molar-refractivity contribution < 1.29 is 14.3 Å². The number of methoxy groups -OCH3 is 1. The first-order chi connectivity index (χ1) is 9.27. The van der Waals surface area contributed by atoms with Gasteiger partial charge in [-0.05, 0) is 32.2 Å². The highest BCUT2D eigenvalue weighted by Gasteiger charge is 2.22. The average Bonchev–Trinajstić information content (AvgIpc) is 2.44. The van der Waals surface area contributed by atoms with Crippen LogP contribution in [-0.4, -0.2) is 57.0 Å². The number of nitrogens with zero attached hydrogens (tertiary/aromatic N) is 1. The fraction of sp³-hybridized carbons (Fsp3) is 0.929. The summed E-state index contributed by atoms with van der Waals surface area (Å²) in [6, 6.07) is 0.525. The molecule has 1 saturated heterocycles. The molecule has 0 aromatic heterocycles. The van der Waals surface area contributed by atoms with E-state index in [0.717, 1.165) is 58.3 Å². The predicted octanol–water partition coefficient (Wildman–Crippen LogP) is 2.01. The largest absolute Gasteiger partial charge is 0.449 e. The highest BCUT2D eigenvalue weighted by atomic mass is 16.6. The molecule has 0 radical (unpaired) electrons. The molecule has 1 amide bonds. The summed E-state index contributed by atoms with van der Waals surface area (Å²) in [6.07, 6.45) is 4.91. The van der Waals surface area contributed by atoms with Crippen molar-refractivity contribution >= 4 is 6.09 Å². The number of carbonyl (C=O) groups excluding carboxylic acids is 1. The number of unbranched alkanes of at least 4 members (excludes halogenated alkanes) is 1. The zero-order valence-corrected chi connectivity index (χ0v) is 12.3. The Bertz CT molecular complexity index is 241. The lowest BCUT2D eigenvalue weighted by molar-refractivity contribution is 0.0896. The molecule has 0 bridgehead atoms. The van der Waals surface area contributed by atoms with Gasteiger partial charge in [0.05, 0.1) is 6.61 Å². The van der Waals surface area contributed by atoms with Crippen LogP contribution in [0, 0.1) is 0 Å². The number of ether oxygens (including phenoxy) is 2. The smallest absolute Gasteiger partial charge is 0.409 e. The lowest BCUT2D eigenvalue weighted by atomic mass is 10.1. The topological polar surface area (TPSA) is 50.8 Å². The summed E-state index contributed by atoms with van der Waals surface area (Å²) < 4.78 is 10.2. The molecule has 5 heteroatoms.